The third kappa shape index (κ3) is 4.82. The molecule has 186 valence electrons. The van der Waals surface area contributed by atoms with Gasteiger partial charge in [-0.05, 0) is 92.6 Å². The predicted octanol–water partition coefficient (Wildman–Crippen LogP) is 6.60. The molecule has 0 saturated heterocycles. The van der Waals surface area contributed by atoms with Crippen LogP contribution in [0.25, 0.3) is 10.8 Å². The van der Waals surface area contributed by atoms with Gasteiger partial charge in [-0.3, -0.25) is 4.79 Å². The molecule has 0 N–H and O–H groups in total. The lowest BCUT2D eigenvalue weighted by Gasteiger charge is -2.38. The average Bonchev–Trinajstić information content (AvgIpc) is 2.86. The van der Waals surface area contributed by atoms with Crippen LogP contribution in [-0.2, 0) is 16.0 Å². The molecule has 3 aromatic rings. The molecular weight excluding hydrogens is 440 g/mol. The molecule has 0 bridgehead atoms. The van der Waals surface area contributed by atoms with Crippen molar-refractivity contribution < 1.29 is 23.7 Å². The highest BCUT2D eigenvalue weighted by Gasteiger charge is 2.35. The van der Waals surface area contributed by atoms with Crippen LogP contribution in [0.1, 0.15) is 60.4 Å². The summed E-state index contributed by atoms with van der Waals surface area (Å²) in [5.41, 5.74) is 5.17. The number of carbonyl (C=O) groups is 1. The molecule has 0 spiro atoms. The number of fused-ring (bicyclic) bond motifs is 2. The maximum Gasteiger partial charge on any atom is 0.313 e. The average molecular weight is 477 g/mol. The molecule has 0 aliphatic carbocycles. The number of hydrogen-bond acceptors (Lipinski definition) is 5. The Kier molecular flexibility index (Phi) is 6.98. The highest BCUT2D eigenvalue weighted by atomic mass is 16.5. The van der Waals surface area contributed by atoms with Gasteiger partial charge in [0, 0.05) is 12.0 Å². The molecule has 4 rings (SSSR count). The molecule has 5 nitrogen and oxygen atoms in total. The van der Waals surface area contributed by atoms with Crippen LogP contribution in [0.15, 0.2) is 36.4 Å². The van der Waals surface area contributed by atoms with Crippen molar-refractivity contribution >= 4 is 16.7 Å². The standard InChI is InChI=1S/C30H36O5/c1-18-19(2)28-26(21(4)27(18)33-7)12-13-30(5,35-28)14-15-34-29(31)20(3)22-8-9-24-17-25(32-6)11-10-23(24)16-22/h8-11,16-17,20H,12-15H2,1-7H3/t20-,30-/m0/s1. The van der Waals surface area contributed by atoms with E-state index in [2.05, 4.69) is 27.7 Å². The van der Waals surface area contributed by atoms with Gasteiger partial charge in [-0.2, -0.15) is 0 Å². The van der Waals surface area contributed by atoms with Gasteiger partial charge in [-0.1, -0.05) is 24.3 Å². The molecule has 1 heterocycles. The molecule has 0 unspecified atom stereocenters. The van der Waals surface area contributed by atoms with Gasteiger partial charge in [0.25, 0.3) is 0 Å². The lowest BCUT2D eigenvalue weighted by atomic mass is 9.86. The molecule has 35 heavy (non-hydrogen) atoms. The van der Waals surface area contributed by atoms with Gasteiger partial charge in [0.05, 0.1) is 26.7 Å². The Morgan fingerprint density at radius 2 is 1.71 bits per heavy atom. The first-order chi connectivity index (χ1) is 16.7. The molecule has 1 aliphatic rings. The molecule has 0 amide bonds. The van der Waals surface area contributed by atoms with Crippen LogP contribution in [0.5, 0.6) is 17.2 Å². The molecule has 0 fully saturated rings. The summed E-state index contributed by atoms with van der Waals surface area (Å²) in [5, 5.41) is 2.15. The van der Waals surface area contributed by atoms with Crippen molar-refractivity contribution in [2.75, 3.05) is 20.8 Å². The van der Waals surface area contributed by atoms with E-state index in [1.165, 1.54) is 5.56 Å². The molecule has 1 aliphatic heterocycles. The fourth-order valence-corrected chi connectivity index (χ4v) is 5.03. The van der Waals surface area contributed by atoms with E-state index >= 15 is 0 Å². The van der Waals surface area contributed by atoms with Crippen molar-refractivity contribution in [3.63, 3.8) is 0 Å². The Balaban J connectivity index is 1.40. The van der Waals surface area contributed by atoms with E-state index in [1.54, 1.807) is 14.2 Å². The van der Waals surface area contributed by atoms with Gasteiger partial charge >= 0.3 is 5.97 Å². The first-order valence-electron chi connectivity index (χ1n) is 12.3. The zero-order valence-electron chi connectivity index (χ0n) is 21.9. The van der Waals surface area contributed by atoms with Crippen LogP contribution >= 0.6 is 0 Å². The Bertz CT molecular complexity index is 1260. The van der Waals surface area contributed by atoms with Crippen molar-refractivity contribution in [3.05, 3.63) is 64.2 Å². The molecular formula is C30H36O5. The first kappa shape index (κ1) is 24.9. The van der Waals surface area contributed by atoms with Crippen LogP contribution < -0.4 is 14.2 Å². The summed E-state index contributed by atoms with van der Waals surface area (Å²) in [6.45, 7) is 10.6. The lowest BCUT2D eigenvalue weighted by molar-refractivity contribution is -0.146. The van der Waals surface area contributed by atoms with Crippen LogP contribution in [0.2, 0.25) is 0 Å². The van der Waals surface area contributed by atoms with Gasteiger partial charge in [0.15, 0.2) is 0 Å². The number of esters is 1. The van der Waals surface area contributed by atoms with E-state index in [0.717, 1.165) is 63.1 Å². The van der Waals surface area contributed by atoms with Crippen LogP contribution in [0.3, 0.4) is 0 Å². The number of hydrogen-bond donors (Lipinski definition) is 0. The van der Waals surface area contributed by atoms with E-state index in [4.69, 9.17) is 18.9 Å². The summed E-state index contributed by atoms with van der Waals surface area (Å²) < 4.78 is 23.2. The molecule has 2 atom stereocenters. The number of ether oxygens (including phenoxy) is 4. The highest BCUT2D eigenvalue weighted by Crippen LogP contribution is 2.44. The number of methoxy groups -OCH3 is 2. The van der Waals surface area contributed by atoms with Crippen molar-refractivity contribution in [1.29, 1.82) is 0 Å². The lowest BCUT2D eigenvalue weighted by Crippen LogP contribution is -2.38. The second-order valence-corrected chi connectivity index (χ2v) is 9.88. The van der Waals surface area contributed by atoms with Crippen LogP contribution in [0, 0.1) is 20.8 Å². The van der Waals surface area contributed by atoms with Crippen LogP contribution in [-0.4, -0.2) is 32.4 Å². The van der Waals surface area contributed by atoms with E-state index in [-0.39, 0.29) is 17.5 Å². The summed E-state index contributed by atoms with van der Waals surface area (Å²) in [6.07, 6.45) is 2.43. The normalized spacial score (nSPS) is 17.9. The van der Waals surface area contributed by atoms with Gasteiger partial charge < -0.3 is 18.9 Å². The maximum atomic E-state index is 12.8. The topological polar surface area (TPSA) is 54.0 Å². The summed E-state index contributed by atoms with van der Waals surface area (Å²) in [4.78, 5) is 12.8. The summed E-state index contributed by atoms with van der Waals surface area (Å²) >= 11 is 0. The van der Waals surface area contributed by atoms with Crippen molar-refractivity contribution in [3.8, 4) is 17.2 Å². The Hall–Kier alpha value is -3.21. The molecule has 3 aromatic carbocycles. The second kappa shape index (κ2) is 9.80. The zero-order chi connectivity index (χ0) is 25.3. The number of carbonyl (C=O) groups excluding carboxylic acids is 1. The van der Waals surface area contributed by atoms with E-state index in [0.29, 0.717) is 13.0 Å². The zero-order valence-corrected chi connectivity index (χ0v) is 21.9. The fourth-order valence-electron chi connectivity index (χ4n) is 5.03. The predicted molar refractivity (Wildman–Crippen MR) is 139 cm³/mol. The monoisotopic (exact) mass is 476 g/mol. The minimum absolute atomic E-state index is 0.217. The second-order valence-electron chi connectivity index (χ2n) is 9.88. The van der Waals surface area contributed by atoms with Gasteiger partial charge in [0.1, 0.15) is 22.8 Å². The maximum absolute atomic E-state index is 12.8. The Labute approximate surface area is 208 Å². The van der Waals surface area contributed by atoms with E-state index in [1.807, 2.05) is 43.3 Å². The smallest absolute Gasteiger partial charge is 0.313 e. The Morgan fingerprint density at radius 3 is 2.43 bits per heavy atom. The summed E-state index contributed by atoms with van der Waals surface area (Å²) in [7, 11) is 3.38. The minimum Gasteiger partial charge on any atom is -0.497 e. The van der Waals surface area contributed by atoms with Crippen LogP contribution in [0.4, 0.5) is 0 Å². The third-order valence-electron chi connectivity index (χ3n) is 7.57. The molecule has 0 radical (unpaired) electrons. The molecule has 0 saturated carbocycles. The van der Waals surface area contributed by atoms with Gasteiger partial charge in [0.2, 0.25) is 0 Å². The van der Waals surface area contributed by atoms with Crippen molar-refractivity contribution in [2.24, 2.45) is 0 Å². The third-order valence-corrected chi connectivity index (χ3v) is 7.57. The van der Waals surface area contributed by atoms with Gasteiger partial charge in [-0.15, -0.1) is 0 Å². The first-order valence-corrected chi connectivity index (χ1v) is 12.3. The largest absolute Gasteiger partial charge is 0.497 e. The fraction of sp³-hybridized carbons (Fsp3) is 0.433. The summed E-state index contributed by atoms with van der Waals surface area (Å²) in [6, 6.07) is 12.0. The van der Waals surface area contributed by atoms with E-state index < -0.39 is 0 Å². The minimum atomic E-state index is -0.378. The van der Waals surface area contributed by atoms with Crippen molar-refractivity contribution in [2.45, 2.75) is 65.4 Å². The highest BCUT2D eigenvalue weighted by molar-refractivity contribution is 5.86. The SMILES string of the molecule is COc1ccc2cc([C@H](C)C(=O)OCC[C@]3(C)CCc4c(C)c(OC)c(C)c(C)c4O3)ccc2c1. The Morgan fingerprint density at radius 1 is 1.00 bits per heavy atom. The number of benzene rings is 3. The van der Waals surface area contributed by atoms with Gasteiger partial charge in [-0.25, -0.2) is 0 Å². The summed E-state index contributed by atoms with van der Waals surface area (Å²) in [5.74, 6) is 2.16. The molecule has 0 aromatic heterocycles. The van der Waals surface area contributed by atoms with E-state index in [9.17, 15) is 4.79 Å². The quantitative estimate of drug-likeness (QED) is 0.360. The van der Waals surface area contributed by atoms with Crippen molar-refractivity contribution in [1.82, 2.24) is 0 Å². The number of rotatable bonds is 7. The molecule has 5 heteroatoms.